The molecule has 39 heavy (non-hydrogen) atoms. The zero-order valence-electron chi connectivity index (χ0n) is 20.8. The zero-order chi connectivity index (χ0) is 27.4. The minimum Gasteiger partial charge on any atom is -0.484 e. The van der Waals surface area contributed by atoms with Crippen LogP contribution in [0.25, 0.3) is 6.08 Å². The first-order valence-electron chi connectivity index (χ1n) is 11.9. The molecule has 0 saturated carbocycles. The number of anilines is 2. The van der Waals surface area contributed by atoms with Gasteiger partial charge in [0.1, 0.15) is 12.3 Å². The van der Waals surface area contributed by atoms with E-state index in [4.69, 9.17) is 14.2 Å². The van der Waals surface area contributed by atoms with Gasteiger partial charge >= 0.3 is 0 Å². The molecule has 2 heterocycles. The van der Waals surface area contributed by atoms with E-state index in [9.17, 15) is 19.2 Å². The van der Waals surface area contributed by atoms with Crippen LogP contribution in [-0.2, 0) is 14.4 Å². The first-order chi connectivity index (χ1) is 18.8. The summed E-state index contributed by atoms with van der Waals surface area (Å²) in [6.07, 6.45) is 1.56. The van der Waals surface area contributed by atoms with Crippen LogP contribution >= 0.6 is 11.8 Å². The van der Waals surface area contributed by atoms with Gasteiger partial charge in [-0.05, 0) is 72.3 Å². The number of amides is 4. The van der Waals surface area contributed by atoms with E-state index < -0.39 is 23.6 Å². The molecule has 0 spiro atoms. The molecule has 5 rings (SSSR count). The number of benzene rings is 3. The van der Waals surface area contributed by atoms with Crippen LogP contribution in [0.1, 0.15) is 11.1 Å². The van der Waals surface area contributed by atoms with Gasteiger partial charge in [0.05, 0.1) is 4.91 Å². The number of rotatable bonds is 8. The summed E-state index contributed by atoms with van der Waals surface area (Å²) in [4.78, 5) is 51.0. The second kappa shape index (κ2) is 11.3. The second-order valence-electron chi connectivity index (χ2n) is 8.66. The predicted octanol–water partition coefficient (Wildman–Crippen LogP) is 4.42. The lowest BCUT2D eigenvalue weighted by Gasteiger charge is -2.12. The number of fused-ring (bicyclic) bond motifs is 1. The van der Waals surface area contributed by atoms with Crippen LogP contribution < -0.4 is 24.8 Å². The summed E-state index contributed by atoms with van der Waals surface area (Å²) in [5.41, 5.74) is 2.84. The fourth-order valence-corrected chi connectivity index (χ4v) is 4.67. The third-order valence-corrected chi connectivity index (χ3v) is 6.59. The van der Waals surface area contributed by atoms with E-state index in [0.717, 1.165) is 22.2 Å². The molecule has 3 aromatic carbocycles. The largest absolute Gasteiger partial charge is 0.484 e. The molecule has 11 heteroatoms. The lowest BCUT2D eigenvalue weighted by atomic mass is 10.2. The monoisotopic (exact) mass is 545 g/mol. The Labute approximate surface area is 227 Å². The van der Waals surface area contributed by atoms with Crippen LogP contribution in [0.15, 0.2) is 71.6 Å². The Kier molecular flexibility index (Phi) is 7.50. The molecule has 4 amide bonds. The summed E-state index contributed by atoms with van der Waals surface area (Å²) in [5.74, 6) is 0.182. The highest BCUT2D eigenvalue weighted by Crippen LogP contribution is 2.35. The minimum atomic E-state index is -0.556. The Morgan fingerprint density at radius 2 is 1.69 bits per heavy atom. The second-order valence-corrected chi connectivity index (χ2v) is 9.65. The van der Waals surface area contributed by atoms with Crippen molar-refractivity contribution in [3.63, 3.8) is 0 Å². The van der Waals surface area contributed by atoms with Crippen molar-refractivity contribution in [2.45, 2.75) is 6.92 Å². The molecule has 2 N–H and O–H groups in total. The summed E-state index contributed by atoms with van der Waals surface area (Å²) in [7, 11) is 0. The quantitative estimate of drug-likeness (QED) is 0.399. The van der Waals surface area contributed by atoms with E-state index in [2.05, 4.69) is 10.6 Å². The highest BCUT2D eigenvalue weighted by molar-refractivity contribution is 8.18. The first-order valence-corrected chi connectivity index (χ1v) is 12.7. The smallest absolute Gasteiger partial charge is 0.294 e. The van der Waals surface area contributed by atoms with Gasteiger partial charge in [0.25, 0.3) is 17.1 Å². The van der Waals surface area contributed by atoms with Crippen molar-refractivity contribution in [1.82, 2.24) is 4.90 Å². The van der Waals surface area contributed by atoms with Gasteiger partial charge in [0, 0.05) is 17.4 Å². The van der Waals surface area contributed by atoms with E-state index in [0.29, 0.717) is 34.2 Å². The van der Waals surface area contributed by atoms with Crippen molar-refractivity contribution in [2.75, 3.05) is 30.6 Å². The number of hydrogen-bond acceptors (Lipinski definition) is 8. The third-order valence-electron chi connectivity index (χ3n) is 5.68. The predicted molar refractivity (Wildman–Crippen MR) is 146 cm³/mol. The normalized spacial score (nSPS) is 15.0. The minimum absolute atomic E-state index is 0.108. The molecule has 0 bridgehead atoms. The third kappa shape index (κ3) is 6.39. The number of aryl methyl sites for hydroxylation is 1. The molecule has 1 saturated heterocycles. The maximum absolute atomic E-state index is 12.8. The Morgan fingerprint density at radius 1 is 0.949 bits per heavy atom. The number of nitrogens with one attached hydrogen (secondary N) is 2. The Morgan fingerprint density at radius 3 is 2.49 bits per heavy atom. The molecule has 0 unspecified atom stereocenters. The first kappa shape index (κ1) is 25.9. The number of carbonyl (C=O) groups is 4. The lowest BCUT2D eigenvalue weighted by Crippen LogP contribution is -2.36. The van der Waals surface area contributed by atoms with Crippen LogP contribution in [0.2, 0.25) is 0 Å². The summed E-state index contributed by atoms with van der Waals surface area (Å²) in [6.45, 7) is 1.46. The summed E-state index contributed by atoms with van der Waals surface area (Å²) in [5, 5.41) is 4.89. The van der Waals surface area contributed by atoms with E-state index in [-0.39, 0.29) is 24.2 Å². The van der Waals surface area contributed by atoms with E-state index in [1.165, 1.54) is 0 Å². The fourth-order valence-electron chi connectivity index (χ4n) is 3.84. The molecule has 3 aromatic rings. The van der Waals surface area contributed by atoms with Gasteiger partial charge in [0.2, 0.25) is 12.7 Å². The molecular formula is C28H23N3O7S. The average Bonchev–Trinajstić information content (AvgIpc) is 3.48. The van der Waals surface area contributed by atoms with Crippen molar-refractivity contribution in [3.8, 4) is 17.2 Å². The number of ether oxygens (including phenoxy) is 3. The van der Waals surface area contributed by atoms with Gasteiger partial charge in [0.15, 0.2) is 18.1 Å². The zero-order valence-corrected chi connectivity index (χ0v) is 21.6. The van der Waals surface area contributed by atoms with Gasteiger partial charge < -0.3 is 24.8 Å². The van der Waals surface area contributed by atoms with Crippen LogP contribution in [-0.4, -0.2) is 47.8 Å². The van der Waals surface area contributed by atoms with Crippen LogP contribution in [0.4, 0.5) is 16.2 Å². The number of imide groups is 1. The van der Waals surface area contributed by atoms with Crippen LogP contribution in [0, 0.1) is 6.92 Å². The maximum atomic E-state index is 12.8. The van der Waals surface area contributed by atoms with Crippen LogP contribution in [0.3, 0.4) is 0 Å². The average molecular weight is 546 g/mol. The van der Waals surface area contributed by atoms with Crippen molar-refractivity contribution in [3.05, 3.63) is 82.8 Å². The molecule has 0 radical (unpaired) electrons. The van der Waals surface area contributed by atoms with Crippen molar-refractivity contribution >= 4 is 52.2 Å². The standard InChI is InChI=1S/C28H23N3O7S/c1-17-3-2-4-19(11-17)30-26(33)15-36-21-8-5-18(6-9-21)12-24-27(34)31(28(35)39-24)14-25(32)29-20-7-10-22-23(13-20)38-16-37-22/h2-13H,14-16H2,1H3,(H,29,32)(H,30,33)/b24-12+. The van der Waals surface area contributed by atoms with Gasteiger partial charge in [-0.2, -0.15) is 0 Å². The van der Waals surface area contributed by atoms with Crippen molar-refractivity contribution in [2.24, 2.45) is 0 Å². The highest BCUT2D eigenvalue weighted by Gasteiger charge is 2.36. The topological polar surface area (TPSA) is 123 Å². The van der Waals surface area contributed by atoms with Crippen molar-refractivity contribution < 1.29 is 33.4 Å². The molecule has 10 nitrogen and oxygen atoms in total. The molecule has 0 aliphatic carbocycles. The Bertz CT molecular complexity index is 1490. The summed E-state index contributed by atoms with van der Waals surface area (Å²) in [6, 6.07) is 19.1. The number of hydrogen-bond donors (Lipinski definition) is 2. The Balaban J connectivity index is 1.14. The molecule has 0 atom stereocenters. The van der Waals surface area contributed by atoms with Gasteiger partial charge in [-0.3, -0.25) is 24.1 Å². The van der Waals surface area contributed by atoms with Gasteiger partial charge in [-0.1, -0.05) is 24.3 Å². The number of carbonyl (C=O) groups excluding carboxylic acids is 4. The molecular weight excluding hydrogens is 522 g/mol. The van der Waals surface area contributed by atoms with E-state index >= 15 is 0 Å². The van der Waals surface area contributed by atoms with Crippen molar-refractivity contribution in [1.29, 1.82) is 0 Å². The number of nitrogens with zero attached hydrogens (tertiary/aromatic N) is 1. The molecule has 0 aromatic heterocycles. The van der Waals surface area contributed by atoms with Gasteiger partial charge in [-0.25, -0.2) is 0 Å². The Hall–Kier alpha value is -4.77. The van der Waals surface area contributed by atoms with E-state index in [1.54, 1.807) is 54.6 Å². The van der Waals surface area contributed by atoms with E-state index in [1.807, 2.05) is 25.1 Å². The highest BCUT2D eigenvalue weighted by atomic mass is 32.2. The van der Waals surface area contributed by atoms with Gasteiger partial charge in [-0.15, -0.1) is 0 Å². The molecule has 2 aliphatic rings. The maximum Gasteiger partial charge on any atom is 0.294 e. The fraction of sp³-hybridized carbons (Fsp3) is 0.143. The molecule has 198 valence electrons. The van der Waals surface area contributed by atoms with Crippen LogP contribution in [0.5, 0.6) is 17.2 Å². The SMILES string of the molecule is Cc1cccc(NC(=O)COc2ccc(/C=C3/SC(=O)N(CC(=O)Nc4ccc5c(c4)OCO5)C3=O)cc2)c1. The molecule has 1 fully saturated rings. The molecule has 2 aliphatic heterocycles. The number of thioether (sulfide) groups is 1. The summed E-state index contributed by atoms with van der Waals surface area (Å²) < 4.78 is 16.1. The lowest BCUT2D eigenvalue weighted by molar-refractivity contribution is -0.127. The summed E-state index contributed by atoms with van der Waals surface area (Å²) >= 11 is 0.759.